The lowest BCUT2D eigenvalue weighted by Crippen LogP contribution is -2.23. The fraction of sp³-hybridized carbons (Fsp3) is 0.300. The first-order chi connectivity index (χ1) is 13.3. The number of nitrogens with one attached hydrogen (secondary N) is 1. The topological polar surface area (TPSA) is 73.6 Å². The summed E-state index contributed by atoms with van der Waals surface area (Å²) in [4.78, 5) is 17.4. The van der Waals surface area contributed by atoms with Gasteiger partial charge < -0.3 is 19.2 Å². The minimum Gasteiger partial charge on any atom is -0.442 e. The zero-order valence-electron chi connectivity index (χ0n) is 15.1. The second-order valence-corrected chi connectivity index (χ2v) is 6.71. The van der Waals surface area contributed by atoms with Gasteiger partial charge in [-0.1, -0.05) is 30.3 Å². The third-order valence-corrected chi connectivity index (χ3v) is 4.69. The van der Waals surface area contributed by atoms with Gasteiger partial charge in [0.2, 0.25) is 0 Å². The summed E-state index contributed by atoms with van der Waals surface area (Å²) in [5, 5.41) is 4.83. The molecule has 0 saturated carbocycles. The summed E-state index contributed by atoms with van der Waals surface area (Å²) in [5.41, 5.74) is 2.35. The standard InChI is InChI=1S/C20H22N2O4S/c1-2-24-8-9-25-13-16-6-3-5-15(11-16)12-21-20(23)18-19(26-14-22-18)17-7-4-10-27-17/h3-7,10-11,14H,2,8-9,12-13H2,1H3,(H,21,23). The van der Waals surface area contributed by atoms with Crippen LogP contribution in [0.5, 0.6) is 0 Å². The van der Waals surface area contributed by atoms with Crippen molar-refractivity contribution < 1.29 is 18.7 Å². The fourth-order valence-corrected chi connectivity index (χ4v) is 3.25. The van der Waals surface area contributed by atoms with Crippen LogP contribution in [-0.4, -0.2) is 30.7 Å². The molecule has 0 atom stereocenters. The van der Waals surface area contributed by atoms with Gasteiger partial charge in [0, 0.05) is 13.2 Å². The van der Waals surface area contributed by atoms with E-state index in [-0.39, 0.29) is 5.91 Å². The van der Waals surface area contributed by atoms with E-state index in [4.69, 9.17) is 13.9 Å². The molecule has 0 fully saturated rings. The van der Waals surface area contributed by atoms with Gasteiger partial charge in [-0.3, -0.25) is 4.79 Å². The van der Waals surface area contributed by atoms with Crippen LogP contribution in [0, 0.1) is 0 Å². The summed E-state index contributed by atoms with van der Waals surface area (Å²) < 4.78 is 16.2. The lowest BCUT2D eigenvalue weighted by atomic mass is 10.1. The van der Waals surface area contributed by atoms with Gasteiger partial charge in [0.1, 0.15) is 0 Å². The molecule has 2 heterocycles. The van der Waals surface area contributed by atoms with Gasteiger partial charge in [0.05, 0.1) is 24.7 Å². The van der Waals surface area contributed by atoms with E-state index >= 15 is 0 Å². The molecule has 7 heteroatoms. The van der Waals surface area contributed by atoms with Crippen LogP contribution in [0.3, 0.4) is 0 Å². The van der Waals surface area contributed by atoms with E-state index in [2.05, 4.69) is 10.3 Å². The molecule has 2 aromatic heterocycles. The van der Waals surface area contributed by atoms with E-state index < -0.39 is 0 Å². The van der Waals surface area contributed by atoms with Gasteiger partial charge in [0.15, 0.2) is 17.8 Å². The maximum absolute atomic E-state index is 12.5. The molecule has 0 radical (unpaired) electrons. The first-order valence-electron chi connectivity index (χ1n) is 8.76. The molecule has 1 N–H and O–H groups in total. The monoisotopic (exact) mass is 386 g/mol. The highest BCUT2D eigenvalue weighted by atomic mass is 32.1. The lowest BCUT2D eigenvalue weighted by molar-refractivity contribution is 0.0453. The summed E-state index contributed by atoms with van der Waals surface area (Å²) in [6, 6.07) is 11.7. The average Bonchev–Trinajstić information content (AvgIpc) is 3.37. The second kappa shape index (κ2) is 10.0. The normalized spacial score (nSPS) is 10.9. The zero-order valence-corrected chi connectivity index (χ0v) is 16.0. The molecule has 0 unspecified atom stereocenters. The van der Waals surface area contributed by atoms with Crippen LogP contribution >= 0.6 is 11.3 Å². The Balaban J connectivity index is 1.54. The van der Waals surface area contributed by atoms with Crippen molar-refractivity contribution in [1.29, 1.82) is 0 Å². The molecule has 1 amide bonds. The van der Waals surface area contributed by atoms with Crippen LogP contribution in [-0.2, 0) is 22.6 Å². The van der Waals surface area contributed by atoms with E-state index in [9.17, 15) is 4.79 Å². The Morgan fingerprint density at radius 1 is 1.19 bits per heavy atom. The van der Waals surface area contributed by atoms with Gasteiger partial charge in [0.25, 0.3) is 5.91 Å². The third-order valence-electron chi connectivity index (χ3n) is 3.82. The van der Waals surface area contributed by atoms with Crippen molar-refractivity contribution >= 4 is 17.2 Å². The van der Waals surface area contributed by atoms with Crippen molar-refractivity contribution in [1.82, 2.24) is 10.3 Å². The Labute approximate surface area is 162 Å². The second-order valence-electron chi connectivity index (χ2n) is 5.76. The highest BCUT2D eigenvalue weighted by Gasteiger charge is 2.18. The summed E-state index contributed by atoms with van der Waals surface area (Å²) in [5.74, 6) is 0.240. The minimum absolute atomic E-state index is 0.259. The number of ether oxygens (including phenoxy) is 2. The molecular weight excluding hydrogens is 364 g/mol. The van der Waals surface area contributed by atoms with Crippen molar-refractivity contribution in [2.24, 2.45) is 0 Å². The van der Waals surface area contributed by atoms with Crippen molar-refractivity contribution in [3.8, 4) is 10.6 Å². The summed E-state index contributed by atoms with van der Waals surface area (Å²) in [7, 11) is 0. The predicted octanol–water partition coefficient (Wildman–Crippen LogP) is 3.89. The maximum Gasteiger partial charge on any atom is 0.274 e. The average molecular weight is 386 g/mol. The number of carbonyl (C=O) groups excluding carboxylic acids is 1. The minimum atomic E-state index is -0.259. The Hall–Kier alpha value is -2.48. The highest BCUT2D eigenvalue weighted by molar-refractivity contribution is 7.13. The summed E-state index contributed by atoms with van der Waals surface area (Å²) >= 11 is 1.50. The number of carbonyl (C=O) groups is 1. The number of thiophene rings is 1. The number of amides is 1. The molecule has 3 rings (SSSR count). The molecule has 0 aliphatic heterocycles. The van der Waals surface area contributed by atoms with E-state index in [1.807, 2.05) is 48.7 Å². The summed E-state index contributed by atoms with van der Waals surface area (Å²) in [6.07, 6.45) is 1.30. The van der Waals surface area contributed by atoms with Crippen LogP contribution in [0.2, 0.25) is 0 Å². The number of aromatic nitrogens is 1. The Bertz CT molecular complexity index is 845. The third kappa shape index (κ3) is 5.50. The molecule has 142 valence electrons. The molecule has 27 heavy (non-hydrogen) atoms. The zero-order chi connectivity index (χ0) is 18.9. The number of hydrogen-bond donors (Lipinski definition) is 1. The number of rotatable bonds is 10. The number of benzene rings is 1. The number of nitrogens with zero attached hydrogens (tertiary/aromatic N) is 1. The summed E-state index contributed by atoms with van der Waals surface area (Å²) in [6.45, 7) is 4.73. The van der Waals surface area contributed by atoms with Gasteiger partial charge >= 0.3 is 0 Å². The molecule has 3 aromatic rings. The molecule has 0 spiro atoms. The quantitative estimate of drug-likeness (QED) is 0.535. The van der Waals surface area contributed by atoms with E-state index in [0.717, 1.165) is 16.0 Å². The van der Waals surface area contributed by atoms with Gasteiger partial charge in [-0.05, 0) is 29.5 Å². The van der Waals surface area contributed by atoms with Crippen molar-refractivity contribution in [3.63, 3.8) is 0 Å². The molecule has 0 bridgehead atoms. The Morgan fingerprint density at radius 3 is 2.85 bits per heavy atom. The molecule has 0 aliphatic rings. The van der Waals surface area contributed by atoms with Gasteiger partial charge in [-0.25, -0.2) is 4.98 Å². The molecule has 0 aliphatic carbocycles. The number of hydrogen-bond acceptors (Lipinski definition) is 6. The van der Waals surface area contributed by atoms with Gasteiger partial charge in [-0.15, -0.1) is 11.3 Å². The van der Waals surface area contributed by atoms with Crippen LogP contribution in [0.1, 0.15) is 28.5 Å². The molecule has 0 saturated heterocycles. The van der Waals surface area contributed by atoms with Crippen LogP contribution < -0.4 is 5.32 Å². The van der Waals surface area contributed by atoms with E-state index in [1.165, 1.54) is 17.7 Å². The molecule has 6 nitrogen and oxygen atoms in total. The van der Waals surface area contributed by atoms with Crippen molar-refractivity contribution in [2.75, 3.05) is 19.8 Å². The number of oxazole rings is 1. The van der Waals surface area contributed by atoms with Crippen LogP contribution in [0.25, 0.3) is 10.6 Å². The Kier molecular flexibility index (Phi) is 7.15. The van der Waals surface area contributed by atoms with Crippen molar-refractivity contribution in [2.45, 2.75) is 20.1 Å². The van der Waals surface area contributed by atoms with E-state index in [0.29, 0.717) is 44.4 Å². The maximum atomic E-state index is 12.5. The smallest absolute Gasteiger partial charge is 0.274 e. The van der Waals surface area contributed by atoms with Gasteiger partial charge in [-0.2, -0.15) is 0 Å². The lowest BCUT2D eigenvalue weighted by Gasteiger charge is -2.08. The predicted molar refractivity (Wildman–Crippen MR) is 104 cm³/mol. The first-order valence-corrected chi connectivity index (χ1v) is 9.64. The van der Waals surface area contributed by atoms with E-state index in [1.54, 1.807) is 0 Å². The first kappa shape index (κ1) is 19.3. The van der Waals surface area contributed by atoms with Crippen LogP contribution in [0.4, 0.5) is 0 Å². The largest absolute Gasteiger partial charge is 0.442 e. The van der Waals surface area contributed by atoms with Crippen LogP contribution in [0.15, 0.2) is 52.6 Å². The highest BCUT2D eigenvalue weighted by Crippen LogP contribution is 2.27. The SMILES string of the molecule is CCOCCOCc1cccc(CNC(=O)c2ncoc2-c2cccs2)c1. The fourth-order valence-electron chi connectivity index (χ4n) is 2.54. The van der Waals surface area contributed by atoms with Crippen molar-refractivity contribution in [3.05, 3.63) is 65.0 Å². The molecule has 1 aromatic carbocycles. The molecular formula is C20H22N2O4S. The Morgan fingerprint density at radius 2 is 2.04 bits per heavy atom.